The van der Waals surface area contributed by atoms with Crippen LogP contribution in [0.15, 0.2) is 61.1 Å². The van der Waals surface area contributed by atoms with Crippen molar-refractivity contribution >= 4 is 128 Å². The zero-order chi connectivity index (χ0) is 96.5. The van der Waals surface area contributed by atoms with Gasteiger partial charge in [-0.2, -0.15) is 0 Å². The topological polar surface area (TPSA) is 720 Å². The third kappa shape index (κ3) is 35.0. The number of phenols is 2. The molecule has 47 heteroatoms. The van der Waals surface area contributed by atoms with Crippen LogP contribution in [-0.4, -0.2) is 306 Å². The van der Waals surface area contributed by atoms with E-state index in [1.165, 1.54) is 82.7 Å². The highest BCUT2D eigenvalue weighted by molar-refractivity contribution is 8.76. The Morgan fingerprint density at radius 2 is 1.20 bits per heavy atom. The van der Waals surface area contributed by atoms with Gasteiger partial charge in [-0.1, -0.05) is 78.5 Å². The maximum Gasteiger partial charge on any atom is 0.326 e. The number of nitrogens with two attached hydrogens (primary N) is 5. The van der Waals surface area contributed by atoms with Crippen molar-refractivity contribution in [3.05, 3.63) is 77.9 Å². The molecule has 3 aromatic rings. The molecule has 132 heavy (non-hydrogen) atoms. The summed E-state index contributed by atoms with van der Waals surface area (Å²) in [6, 6.07) is -12.5. The number of hydrogen-bond donors (Lipinski definition) is 24. The zero-order valence-corrected chi connectivity index (χ0v) is 76.0. The number of nitrogens with one attached hydrogen (secondary N) is 15. The third-order valence-corrected chi connectivity index (χ3v) is 25.3. The molecule has 4 fully saturated rings. The minimum Gasteiger partial charge on any atom is -0.508 e. The van der Waals surface area contributed by atoms with Crippen molar-refractivity contribution in [3.63, 3.8) is 0 Å². The fourth-order valence-electron chi connectivity index (χ4n) is 15.5. The predicted octanol–water partition coefficient (Wildman–Crippen LogP) is -4.76. The molecule has 0 unspecified atom stereocenters. The van der Waals surface area contributed by atoms with Gasteiger partial charge in [-0.3, -0.25) is 82.1 Å². The summed E-state index contributed by atoms with van der Waals surface area (Å²) in [6.45, 7) is 2.16. The second-order valence-corrected chi connectivity index (χ2v) is 35.8. The fraction of sp³-hybridized carbons (Fsp3) is 0.612. The SMILES string of the molecule is CCCCCCCC(=O)NCCCC[C@H](NC(=O)[C@@H](N)Cc1cnc[nH]1)C(=O)N[C@H]1CSSC[C@@H](C(=O)N[C@@H](Cc2ccc(O)cc2)C(=O)N[C@@H](CCC(N)=O)C(=O)N[C@@H](CCCCN)C(=O)N2CCC[C@@H]2C(=O)N2CCC[C@H]2C(=O)O)NC(=O)[C@H](Cc2ccc(O)cc2)NC(=O)[C@H](CCCNC(=N)N)NC(=O)[C@H](N)CNC(=O)[C@H]2CCCN2C(=O)[C@H](C)NC(=O)[C@H](CO)NC1=O. The van der Waals surface area contributed by atoms with Gasteiger partial charge in [0.25, 0.3) is 0 Å². The lowest BCUT2D eigenvalue weighted by Crippen LogP contribution is -2.61. The summed E-state index contributed by atoms with van der Waals surface area (Å²) in [5, 5.41) is 83.5. The van der Waals surface area contributed by atoms with Gasteiger partial charge in [0.15, 0.2) is 5.96 Å². The number of aromatic nitrogens is 2. The minimum atomic E-state index is -1.91. The summed E-state index contributed by atoms with van der Waals surface area (Å²) in [5.74, 6) is -17.9. The molecule has 0 bridgehead atoms. The van der Waals surface area contributed by atoms with E-state index in [9.17, 15) is 73.2 Å². The Labute approximate surface area is 772 Å². The van der Waals surface area contributed by atoms with Crippen LogP contribution in [0.5, 0.6) is 11.5 Å². The number of aromatic amines is 1. The molecule has 45 nitrogen and oxygen atoms in total. The molecule has 0 radical (unpaired) electrons. The number of phenolic OH excluding ortho intramolecular Hbond substituents is 2. The number of unbranched alkanes of at least 4 members (excludes halogenated alkanes) is 6. The Kier molecular flexibility index (Phi) is 44.9. The largest absolute Gasteiger partial charge is 0.508 e. The van der Waals surface area contributed by atoms with Crippen LogP contribution in [0.3, 0.4) is 0 Å². The number of aliphatic hydroxyl groups is 1. The molecule has 0 aliphatic carbocycles. The Hall–Kier alpha value is -11.9. The van der Waals surface area contributed by atoms with Crippen LogP contribution in [0.4, 0.5) is 0 Å². The van der Waals surface area contributed by atoms with Gasteiger partial charge >= 0.3 is 5.97 Å². The van der Waals surface area contributed by atoms with E-state index in [1.807, 2.05) is 0 Å². The van der Waals surface area contributed by atoms with Gasteiger partial charge in [0, 0.05) is 94.8 Å². The van der Waals surface area contributed by atoms with Gasteiger partial charge in [-0.25, -0.2) is 9.78 Å². The Balaban J connectivity index is 1.30. The second-order valence-electron chi connectivity index (χ2n) is 33.2. The van der Waals surface area contributed by atoms with E-state index < -0.39 is 242 Å². The molecule has 15 atom stereocenters. The average molecular weight is 1890 g/mol. The molecule has 4 aliphatic heterocycles. The maximum absolute atomic E-state index is 15.8. The Morgan fingerprint density at radius 3 is 1.86 bits per heavy atom. The molecule has 16 amide bonds. The fourth-order valence-corrected chi connectivity index (χ4v) is 17.8. The van der Waals surface area contributed by atoms with E-state index in [0.717, 1.165) is 47.3 Å². The molecule has 29 N–H and O–H groups in total. The number of H-pyrrole nitrogens is 1. The standard InChI is InChI=1S/C85H130N24O21S2/c1-3-4-5-6-7-22-69(114)93-34-11-9-16-56(98-70(115)54(87)41-51-42-92-47-96-51)73(118)105-64-46-132-131-45-63(78(123)103-60(39-49-23-27-52(111)28-24-49)75(120)100-58(31-32-68(89)113)74(119)101-59(17-8-10-33-86)82(127)108-37-14-20-66(108)83(128)109-38-15-21-67(109)84(129)130)106-76(121)61(40-50-25-29-53(112)30-26-50)102-72(117)57(18-12-35-94-85(90)91)99-71(116)55(88)43-95-80(125)65-19-13-36-107(65)81(126)48(2)97-77(122)62(44-110)104-79(64)124/h23-30,42,47-48,54-67,110-112H,3-22,31-41,43-46,86-88H2,1-2H3,(H2,89,113)(H,92,96)(H,93,114)(H,95,125)(H,97,122)(H,98,115)(H,99,116)(H,100,120)(H,101,119)(H,102,117)(H,103,123)(H,104,124)(H,105,118)(H,106,121)(H,129,130)(H4,90,91,94)/t48-,54-,55+,56-,57-,58-,59-,60-,61-,62-,63-,64-,65+,66+,67-/m0/s1. The van der Waals surface area contributed by atoms with Gasteiger partial charge in [0.05, 0.1) is 19.0 Å². The molecule has 1 aromatic heterocycles. The first-order valence-corrected chi connectivity index (χ1v) is 47.3. The number of aliphatic hydroxyl groups excluding tert-OH is 1. The number of carbonyl (C=O) groups excluding carboxylic acids is 16. The number of carbonyl (C=O) groups is 17. The number of nitrogens with zero attached hydrogens (tertiary/aromatic N) is 4. The summed E-state index contributed by atoms with van der Waals surface area (Å²) < 4.78 is 0. The van der Waals surface area contributed by atoms with Crippen LogP contribution in [-0.2, 0) is 101 Å². The molecular weight excluding hydrogens is 1760 g/mol. The molecule has 2 aromatic carbocycles. The number of amides is 16. The summed E-state index contributed by atoms with van der Waals surface area (Å²) in [4.78, 5) is 255. The van der Waals surface area contributed by atoms with E-state index in [4.69, 9.17) is 34.1 Å². The van der Waals surface area contributed by atoms with Crippen molar-refractivity contribution in [3.8, 4) is 11.5 Å². The second kappa shape index (κ2) is 55.4. The number of hydrogen-bond acceptors (Lipinski definition) is 27. The number of imidazole rings is 1. The number of benzene rings is 2. The average Bonchev–Trinajstić information content (AvgIpc) is 1.65. The molecule has 4 saturated heterocycles. The minimum absolute atomic E-state index is 0.0129. The smallest absolute Gasteiger partial charge is 0.326 e. The van der Waals surface area contributed by atoms with Gasteiger partial charge in [0.1, 0.15) is 96.1 Å². The third-order valence-electron chi connectivity index (χ3n) is 22.9. The van der Waals surface area contributed by atoms with Crippen LogP contribution < -0.4 is 97.8 Å². The highest BCUT2D eigenvalue weighted by Crippen LogP contribution is 2.29. The summed E-state index contributed by atoms with van der Waals surface area (Å²) >= 11 is 0. The van der Waals surface area contributed by atoms with Crippen LogP contribution in [0.2, 0.25) is 0 Å². The first-order chi connectivity index (χ1) is 63.1. The van der Waals surface area contributed by atoms with Crippen molar-refractivity contribution in [1.82, 2.24) is 93.8 Å². The van der Waals surface area contributed by atoms with E-state index in [-0.39, 0.29) is 138 Å². The summed E-state index contributed by atoms with van der Waals surface area (Å²) in [6.07, 6.45) is 7.77. The Morgan fingerprint density at radius 1 is 0.598 bits per heavy atom. The first kappa shape index (κ1) is 107. The van der Waals surface area contributed by atoms with Gasteiger partial charge in [0.2, 0.25) is 94.5 Å². The predicted molar refractivity (Wildman–Crippen MR) is 484 cm³/mol. The summed E-state index contributed by atoms with van der Waals surface area (Å²) in [5.41, 5.74) is 30.9. The quantitative estimate of drug-likeness (QED) is 0.0110. The molecule has 0 spiro atoms. The lowest BCUT2D eigenvalue weighted by molar-refractivity contribution is -0.152. The number of guanidine groups is 1. The number of rotatable bonds is 42. The van der Waals surface area contributed by atoms with Crippen LogP contribution in [0.1, 0.15) is 172 Å². The number of likely N-dealkylation sites (tertiary alicyclic amines) is 2. The monoisotopic (exact) mass is 1890 g/mol. The van der Waals surface area contributed by atoms with Crippen molar-refractivity contribution in [2.45, 2.75) is 265 Å². The molecule has 4 aliphatic rings. The van der Waals surface area contributed by atoms with Gasteiger partial charge in [-0.05, 0) is 152 Å². The maximum atomic E-state index is 15.8. The van der Waals surface area contributed by atoms with Crippen molar-refractivity contribution in [2.24, 2.45) is 28.7 Å². The lowest BCUT2D eigenvalue weighted by Gasteiger charge is -2.33. The molecule has 7 rings (SSSR count). The van der Waals surface area contributed by atoms with E-state index in [1.54, 1.807) is 0 Å². The van der Waals surface area contributed by atoms with Crippen molar-refractivity contribution in [2.75, 3.05) is 63.9 Å². The lowest BCUT2D eigenvalue weighted by atomic mass is 10.0. The number of fused-ring (bicyclic) bond motifs is 1. The molecular formula is C85H130N24O21S2. The summed E-state index contributed by atoms with van der Waals surface area (Å²) in [7, 11) is 1.50. The van der Waals surface area contributed by atoms with E-state index >= 15 is 28.8 Å². The molecule has 5 heterocycles. The zero-order valence-electron chi connectivity index (χ0n) is 74.4. The van der Waals surface area contributed by atoms with Crippen LogP contribution in [0.25, 0.3) is 0 Å². The number of aromatic hydroxyl groups is 2. The van der Waals surface area contributed by atoms with Gasteiger partial charge < -0.3 is 138 Å². The van der Waals surface area contributed by atoms with E-state index in [0.29, 0.717) is 44.2 Å². The van der Waals surface area contributed by atoms with E-state index in [2.05, 4.69) is 86.0 Å². The molecule has 728 valence electrons. The highest BCUT2D eigenvalue weighted by atomic mass is 33.1. The van der Waals surface area contributed by atoms with Crippen LogP contribution in [0, 0.1) is 5.41 Å². The van der Waals surface area contributed by atoms with Crippen LogP contribution >= 0.6 is 21.6 Å². The number of carboxylic acid groups (broad SMARTS) is 1. The first-order valence-electron chi connectivity index (χ1n) is 44.8. The van der Waals surface area contributed by atoms with Crippen molar-refractivity contribution < 1.29 is 102 Å². The van der Waals surface area contributed by atoms with Gasteiger partial charge in [-0.15, -0.1) is 0 Å². The highest BCUT2D eigenvalue weighted by Gasteiger charge is 2.46. The number of primary amides is 1. The Bertz CT molecular complexity index is 4410. The normalized spacial score (nSPS) is 22.1. The number of aliphatic carboxylic acids is 1. The number of carboxylic acids is 1. The molecule has 0 saturated carbocycles. The van der Waals surface area contributed by atoms with Crippen molar-refractivity contribution in [1.29, 1.82) is 5.41 Å².